The van der Waals surface area contributed by atoms with E-state index in [0.717, 1.165) is 24.8 Å². The summed E-state index contributed by atoms with van der Waals surface area (Å²) in [4.78, 5) is 35.8. The maximum Gasteiger partial charge on any atom is 0.254 e. The van der Waals surface area contributed by atoms with E-state index in [1.807, 2.05) is 6.92 Å². The van der Waals surface area contributed by atoms with Gasteiger partial charge < -0.3 is 10.3 Å². The second-order valence-corrected chi connectivity index (χ2v) is 6.92. The molecule has 0 bridgehead atoms. The molecule has 0 unspecified atom stereocenters. The molecule has 0 saturated carbocycles. The van der Waals surface area contributed by atoms with Crippen LogP contribution in [0.5, 0.6) is 0 Å². The van der Waals surface area contributed by atoms with E-state index in [1.165, 1.54) is 18.4 Å². The number of pyridine rings is 1. The standard InChI is InChI=1S/C21H26N4O2/c1-15-18(21(27)25-20(24-15)17-10-12-22-13-11-17)7-8-19(26)23-14-9-16-5-3-2-4-6-16/h5,10-13H,2-4,6-9,14H2,1H3,(H,23,26)(H,24,25,27). The fourth-order valence-corrected chi connectivity index (χ4v) is 3.37. The molecule has 0 aliphatic heterocycles. The molecule has 2 aromatic heterocycles. The third kappa shape index (κ3) is 5.36. The predicted octanol–water partition coefficient (Wildman–Crippen LogP) is 3.08. The van der Waals surface area contributed by atoms with Crippen molar-refractivity contribution in [1.82, 2.24) is 20.3 Å². The molecule has 6 heteroatoms. The van der Waals surface area contributed by atoms with E-state index < -0.39 is 0 Å². The first kappa shape index (κ1) is 19.0. The van der Waals surface area contributed by atoms with Gasteiger partial charge in [-0.1, -0.05) is 11.6 Å². The van der Waals surface area contributed by atoms with Gasteiger partial charge in [0.2, 0.25) is 5.91 Å². The Morgan fingerprint density at radius 2 is 2.04 bits per heavy atom. The van der Waals surface area contributed by atoms with Gasteiger partial charge in [0.1, 0.15) is 5.82 Å². The van der Waals surface area contributed by atoms with Gasteiger partial charge in [-0.05, 0) is 57.6 Å². The Morgan fingerprint density at radius 3 is 2.74 bits per heavy atom. The molecule has 0 radical (unpaired) electrons. The van der Waals surface area contributed by atoms with Gasteiger partial charge in [-0.25, -0.2) is 4.98 Å². The number of allylic oxidation sites excluding steroid dienone is 1. The van der Waals surface area contributed by atoms with Crippen molar-refractivity contribution in [2.45, 2.75) is 51.9 Å². The van der Waals surface area contributed by atoms with Gasteiger partial charge in [0.25, 0.3) is 5.56 Å². The molecule has 0 atom stereocenters. The Kier molecular flexibility index (Phi) is 6.52. The second-order valence-electron chi connectivity index (χ2n) is 6.92. The van der Waals surface area contributed by atoms with Crippen molar-refractivity contribution in [2.75, 3.05) is 6.54 Å². The Labute approximate surface area is 159 Å². The van der Waals surface area contributed by atoms with E-state index in [2.05, 4.69) is 26.3 Å². The van der Waals surface area contributed by atoms with Crippen molar-refractivity contribution in [3.63, 3.8) is 0 Å². The molecule has 3 rings (SSSR count). The van der Waals surface area contributed by atoms with Crippen molar-refractivity contribution in [2.24, 2.45) is 0 Å². The topological polar surface area (TPSA) is 87.7 Å². The fourth-order valence-electron chi connectivity index (χ4n) is 3.37. The lowest BCUT2D eigenvalue weighted by molar-refractivity contribution is -0.121. The highest BCUT2D eigenvalue weighted by molar-refractivity contribution is 5.76. The van der Waals surface area contributed by atoms with E-state index in [4.69, 9.17) is 0 Å². The second kappa shape index (κ2) is 9.26. The SMILES string of the molecule is Cc1nc(-c2ccncc2)[nH]c(=O)c1CCC(=O)NCCC1=CCCCC1. The number of aromatic nitrogens is 3. The number of hydrogen-bond donors (Lipinski definition) is 2. The van der Waals surface area contributed by atoms with E-state index in [1.54, 1.807) is 24.5 Å². The maximum atomic E-state index is 12.4. The van der Waals surface area contributed by atoms with Crippen LogP contribution in [0.2, 0.25) is 0 Å². The molecular weight excluding hydrogens is 340 g/mol. The quantitative estimate of drug-likeness (QED) is 0.737. The Morgan fingerprint density at radius 1 is 1.22 bits per heavy atom. The first-order chi connectivity index (χ1) is 13.1. The van der Waals surface area contributed by atoms with Crippen LogP contribution in [0.3, 0.4) is 0 Å². The number of aryl methyl sites for hydroxylation is 1. The summed E-state index contributed by atoms with van der Waals surface area (Å²) >= 11 is 0. The van der Waals surface area contributed by atoms with Gasteiger partial charge in [0.05, 0.1) is 0 Å². The predicted molar refractivity (Wildman–Crippen MR) is 105 cm³/mol. The van der Waals surface area contributed by atoms with E-state index >= 15 is 0 Å². The van der Waals surface area contributed by atoms with Crippen molar-refractivity contribution in [1.29, 1.82) is 0 Å². The zero-order valence-corrected chi connectivity index (χ0v) is 15.8. The Bertz CT molecular complexity index is 871. The van der Waals surface area contributed by atoms with Gasteiger partial charge in [0, 0.05) is 42.2 Å². The lowest BCUT2D eigenvalue weighted by Crippen LogP contribution is -2.26. The number of nitrogens with zero attached hydrogens (tertiary/aromatic N) is 2. The summed E-state index contributed by atoms with van der Waals surface area (Å²) in [5.41, 5.74) is 3.30. The highest BCUT2D eigenvalue weighted by Crippen LogP contribution is 2.19. The van der Waals surface area contributed by atoms with Gasteiger partial charge in [-0.15, -0.1) is 0 Å². The van der Waals surface area contributed by atoms with Gasteiger partial charge in [-0.3, -0.25) is 14.6 Å². The molecule has 0 saturated heterocycles. The fraction of sp³-hybridized carbons (Fsp3) is 0.429. The zero-order chi connectivity index (χ0) is 19.1. The summed E-state index contributed by atoms with van der Waals surface area (Å²) in [6.07, 6.45) is 12.1. The van der Waals surface area contributed by atoms with Crippen molar-refractivity contribution < 1.29 is 4.79 Å². The van der Waals surface area contributed by atoms with Crippen LogP contribution in [-0.4, -0.2) is 27.4 Å². The van der Waals surface area contributed by atoms with Crippen LogP contribution in [0, 0.1) is 6.92 Å². The number of amides is 1. The summed E-state index contributed by atoms with van der Waals surface area (Å²) in [5, 5.41) is 2.96. The highest BCUT2D eigenvalue weighted by Gasteiger charge is 2.12. The van der Waals surface area contributed by atoms with Crippen LogP contribution >= 0.6 is 0 Å². The average molecular weight is 366 g/mol. The number of carbonyl (C=O) groups is 1. The molecule has 6 nitrogen and oxygen atoms in total. The lowest BCUT2D eigenvalue weighted by Gasteiger charge is -2.13. The molecule has 0 fully saturated rings. The van der Waals surface area contributed by atoms with E-state index in [-0.39, 0.29) is 11.5 Å². The molecule has 1 amide bonds. The molecule has 0 aromatic carbocycles. The van der Waals surface area contributed by atoms with Crippen LogP contribution in [0.4, 0.5) is 0 Å². The van der Waals surface area contributed by atoms with Crippen molar-refractivity contribution in [3.8, 4) is 11.4 Å². The summed E-state index contributed by atoms with van der Waals surface area (Å²) in [6, 6.07) is 3.60. The molecule has 2 N–H and O–H groups in total. The van der Waals surface area contributed by atoms with Crippen LogP contribution in [0.1, 0.15) is 49.8 Å². The molecular formula is C21H26N4O2. The van der Waals surface area contributed by atoms with Crippen molar-refractivity contribution >= 4 is 5.91 Å². The van der Waals surface area contributed by atoms with Gasteiger partial charge in [-0.2, -0.15) is 0 Å². The molecule has 27 heavy (non-hydrogen) atoms. The van der Waals surface area contributed by atoms with Gasteiger partial charge >= 0.3 is 0 Å². The Balaban J connectivity index is 1.53. The third-order valence-corrected chi connectivity index (χ3v) is 4.93. The largest absolute Gasteiger partial charge is 0.356 e. The molecule has 1 aliphatic carbocycles. The zero-order valence-electron chi connectivity index (χ0n) is 15.8. The number of carbonyl (C=O) groups excluding carboxylic acids is 1. The summed E-state index contributed by atoms with van der Waals surface area (Å²) < 4.78 is 0. The minimum atomic E-state index is -0.186. The average Bonchev–Trinajstić information content (AvgIpc) is 2.69. The number of nitrogens with one attached hydrogen (secondary N) is 2. The normalized spacial score (nSPS) is 13.9. The van der Waals surface area contributed by atoms with E-state index in [0.29, 0.717) is 36.5 Å². The monoisotopic (exact) mass is 366 g/mol. The molecule has 2 heterocycles. The van der Waals surface area contributed by atoms with Crippen LogP contribution < -0.4 is 10.9 Å². The van der Waals surface area contributed by atoms with E-state index in [9.17, 15) is 9.59 Å². The van der Waals surface area contributed by atoms with Crippen LogP contribution in [0.15, 0.2) is 41.0 Å². The first-order valence-electron chi connectivity index (χ1n) is 9.58. The minimum absolute atomic E-state index is 0.0246. The molecule has 0 spiro atoms. The summed E-state index contributed by atoms with van der Waals surface area (Å²) in [6.45, 7) is 2.47. The van der Waals surface area contributed by atoms with Crippen LogP contribution in [0.25, 0.3) is 11.4 Å². The number of rotatable bonds is 7. The van der Waals surface area contributed by atoms with Crippen LogP contribution in [-0.2, 0) is 11.2 Å². The maximum absolute atomic E-state index is 12.4. The molecule has 1 aliphatic rings. The third-order valence-electron chi connectivity index (χ3n) is 4.93. The molecule has 142 valence electrons. The highest BCUT2D eigenvalue weighted by atomic mass is 16.1. The first-order valence-corrected chi connectivity index (χ1v) is 9.58. The Hall–Kier alpha value is -2.76. The summed E-state index contributed by atoms with van der Waals surface area (Å²) in [7, 11) is 0. The number of hydrogen-bond acceptors (Lipinski definition) is 4. The smallest absolute Gasteiger partial charge is 0.254 e. The van der Waals surface area contributed by atoms with Gasteiger partial charge in [0.15, 0.2) is 0 Å². The number of aromatic amines is 1. The summed E-state index contributed by atoms with van der Waals surface area (Å²) in [5.74, 6) is 0.497. The molecule has 2 aromatic rings. The minimum Gasteiger partial charge on any atom is -0.356 e. The lowest BCUT2D eigenvalue weighted by atomic mass is 9.97. The van der Waals surface area contributed by atoms with Crippen molar-refractivity contribution in [3.05, 3.63) is 57.8 Å². The number of H-pyrrole nitrogens is 1.